The molecule has 2 heterocycles. The van der Waals surface area contributed by atoms with E-state index in [1.807, 2.05) is 0 Å². The minimum atomic E-state index is -1.08. The SMILES string of the molecule is CCCCCCNc1nc2c(c(=O)n(C)c(=O)n2C)n1CC(=O)O. The highest BCUT2D eigenvalue weighted by Crippen LogP contribution is 2.15. The zero-order chi connectivity index (χ0) is 17.9. The molecule has 132 valence electrons. The molecule has 0 aliphatic heterocycles. The van der Waals surface area contributed by atoms with E-state index < -0.39 is 23.8 Å². The molecule has 2 aromatic rings. The maximum absolute atomic E-state index is 12.4. The van der Waals surface area contributed by atoms with Crippen molar-refractivity contribution in [3.8, 4) is 0 Å². The molecule has 9 heteroatoms. The topological polar surface area (TPSA) is 111 Å². The number of nitrogens with one attached hydrogen (secondary N) is 1. The van der Waals surface area contributed by atoms with E-state index in [9.17, 15) is 14.4 Å². The number of carboxylic acids is 1. The highest BCUT2D eigenvalue weighted by molar-refractivity contribution is 5.77. The van der Waals surface area contributed by atoms with Gasteiger partial charge in [0, 0.05) is 20.6 Å². The van der Waals surface area contributed by atoms with Gasteiger partial charge in [-0.05, 0) is 6.42 Å². The number of hydrogen-bond acceptors (Lipinski definition) is 5. The Labute approximate surface area is 138 Å². The summed E-state index contributed by atoms with van der Waals surface area (Å²) in [7, 11) is 2.87. The van der Waals surface area contributed by atoms with Crippen LogP contribution in [-0.4, -0.2) is 36.3 Å². The zero-order valence-corrected chi connectivity index (χ0v) is 14.2. The van der Waals surface area contributed by atoms with E-state index in [0.717, 1.165) is 30.3 Å². The predicted octanol–water partition coefficient (Wildman–Crippen LogP) is 0.511. The van der Waals surface area contributed by atoms with Crippen LogP contribution in [0.5, 0.6) is 0 Å². The summed E-state index contributed by atoms with van der Waals surface area (Å²) in [5.41, 5.74) is -0.763. The van der Waals surface area contributed by atoms with Gasteiger partial charge in [-0.1, -0.05) is 26.2 Å². The van der Waals surface area contributed by atoms with Gasteiger partial charge in [0.1, 0.15) is 6.54 Å². The summed E-state index contributed by atoms with van der Waals surface area (Å²) in [5.74, 6) is -0.790. The predicted molar refractivity (Wildman–Crippen MR) is 90.5 cm³/mol. The van der Waals surface area contributed by atoms with E-state index in [0.29, 0.717) is 12.5 Å². The third-order valence-electron chi connectivity index (χ3n) is 3.95. The molecule has 0 bridgehead atoms. The fourth-order valence-corrected chi connectivity index (χ4v) is 2.62. The number of imidazole rings is 1. The summed E-state index contributed by atoms with van der Waals surface area (Å²) < 4.78 is 3.52. The molecule has 0 atom stereocenters. The van der Waals surface area contributed by atoms with E-state index in [4.69, 9.17) is 5.11 Å². The number of aliphatic carboxylic acids is 1. The quantitative estimate of drug-likeness (QED) is 0.679. The lowest BCUT2D eigenvalue weighted by Crippen LogP contribution is -2.37. The Morgan fingerprint density at radius 2 is 1.88 bits per heavy atom. The van der Waals surface area contributed by atoms with Gasteiger partial charge in [-0.3, -0.25) is 23.3 Å². The molecule has 2 N–H and O–H groups in total. The van der Waals surface area contributed by atoms with Gasteiger partial charge in [-0.15, -0.1) is 0 Å². The van der Waals surface area contributed by atoms with Gasteiger partial charge in [0.05, 0.1) is 0 Å². The van der Waals surface area contributed by atoms with Crippen LogP contribution >= 0.6 is 0 Å². The Hall–Kier alpha value is -2.58. The Morgan fingerprint density at radius 1 is 1.17 bits per heavy atom. The molecule has 9 nitrogen and oxygen atoms in total. The molecule has 0 aromatic carbocycles. The molecule has 0 saturated heterocycles. The molecule has 0 aliphatic carbocycles. The largest absolute Gasteiger partial charge is 0.480 e. The number of rotatable bonds is 8. The van der Waals surface area contributed by atoms with Crippen molar-refractivity contribution in [2.45, 2.75) is 39.2 Å². The molecular weight excluding hydrogens is 314 g/mol. The number of carboxylic acid groups (broad SMARTS) is 1. The van der Waals surface area contributed by atoms with Crippen molar-refractivity contribution < 1.29 is 9.90 Å². The van der Waals surface area contributed by atoms with Crippen LogP contribution < -0.4 is 16.6 Å². The van der Waals surface area contributed by atoms with E-state index in [2.05, 4.69) is 17.2 Å². The van der Waals surface area contributed by atoms with Crippen molar-refractivity contribution in [3.05, 3.63) is 20.8 Å². The van der Waals surface area contributed by atoms with E-state index in [-0.39, 0.29) is 11.2 Å². The highest BCUT2D eigenvalue weighted by Gasteiger charge is 2.20. The van der Waals surface area contributed by atoms with E-state index in [1.54, 1.807) is 0 Å². The Balaban J connectivity index is 2.48. The van der Waals surface area contributed by atoms with Crippen LogP contribution in [-0.2, 0) is 25.4 Å². The molecule has 24 heavy (non-hydrogen) atoms. The van der Waals surface area contributed by atoms with Crippen molar-refractivity contribution in [2.75, 3.05) is 11.9 Å². The maximum atomic E-state index is 12.4. The third kappa shape index (κ3) is 3.34. The maximum Gasteiger partial charge on any atom is 0.332 e. The standard InChI is InChI=1S/C15H23N5O4/c1-4-5-6-7-8-16-14-17-12-11(20(14)9-10(21)22)13(23)19(3)15(24)18(12)2/h4-9H2,1-3H3,(H,16,17)(H,21,22). The fraction of sp³-hybridized carbons (Fsp3) is 0.600. The molecule has 0 amide bonds. The van der Waals surface area contributed by atoms with Crippen LogP contribution in [0.25, 0.3) is 11.2 Å². The van der Waals surface area contributed by atoms with Crippen LogP contribution in [0.15, 0.2) is 9.59 Å². The van der Waals surface area contributed by atoms with Gasteiger partial charge in [-0.25, -0.2) is 4.79 Å². The average Bonchev–Trinajstić information content (AvgIpc) is 2.88. The number of aromatic nitrogens is 4. The molecule has 0 unspecified atom stereocenters. The second kappa shape index (κ2) is 7.33. The Kier molecular flexibility index (Phi) is 5.42. The van der Waals surface area contributed by atoms with Crippen molar-refractivity contribution >= 4 is 23.1 Å². The van der Waals surface area contributed by atoms with Gasteiger partial charge in [-0.2, -0.15) is 4.98 Å². The number of anilines is 1. The molecule has 0 fully saturated rings. The highest BCUT2D eigenvalue weighted by atomic mass is 16.4. The third-order valence-corrected chi connectivity index (χ3v) is 3.95. The van der Waals surface area contributed by atoms with Crippen LogP contribution in [0.1, 0.15) is 32.6 Å². The number of fused-ring (bicyclic) bond motifs is 1. The monoisotopic (exact) mass is 337 g/mol. The molecule has 0 radical (unpaired) electrons. The lowest BCUT2D eigenvalue weighted by molar-refractivity contribution is -0.137. The summed E-state index contributed by atoms with van der Waals surface area (Å²) in [6.45, 7) is 2.34. The van der Waals surface area contributed by atoms with Gasteiger partial charge < -0.3 is 10.4 Å². The lowest BCUT2D eigenvalue weighted by Gasteiger charge is -2.08. The van der Waals surface area contributed by atoms with Gasteiger partial charge >= 0.3 is 11.7 Å². The van der Waals surface area contributed by atoms with Crippen molar-refractivity contribution in [1.82, 2.24) is 18.7 Å². The summed E-state index contributed by atoms with van der Waals surface area (Å²) in [5, 5.41) is 12.2. The second-order valence-electron chi connectivity index (χ2n) is 5.78. The molecule has 2 rings (SSSR count). The normalized spacial score (nSPS) is 11.1. The summed E-state index contributed by atoms with van der Waals surface area (Å²) >= 11 is 0. The summed E-state index contributed by atoms with van der Waals surface area (Å²) in [6, 6.07) is 0. The number of carbonyl (C=O) groups is 1. The lowest BCUT2D eigenvalue weighted by atomic mass is 10.2. The second-order valence-corrected chi connectivity index (χ2v) is 5.78. The van der Waals surface area contributed by atoms with Crippen LogP contribution in [0.2, 0.25) is 0 Å². The number of hydrogen-bond donors (Lipinski definition) is 2. The van der Waals surface area contributed by atoms with Crippen LogP contribution in [0, 0.1) is 0 Å². The van der Waals surface area contributed by atoms with E-state index >= 15 is 0 Å². The molecule has 2 aromatic heterocycles. The molecule has 0 aliphatic rings. The smallest absolute Gasteiger partial charge is 0.332 e. The average molecular weight is 337 g/mol. The van der Waals surface area contributed by atoms with Crippen molar-refractivity contribution in [2.24, 2.45) is 14.1 Å². The number of unbranched alkanes of at least 4 members (excludes halogenated alkanes) is 3. The first kappa shape index (κ1) is 17.8. The first-order valence-electron chi connectivity index (χ1n) is 8.00. The number of aryl methyl sites for hydroxylation is 1. The molecule has 0 saturated carbocycles. The van der Waals surface area contributed by atoms with Gasteiger partial charge in [0.15, 0.2) is 11.2 Å². The summed E-state index contributed by atoms with van der Waals surface area (Å²) in [6.07, 6.45) is 4.22. The minimum absolute atomic E-state index is 0.109. The van der Waals surface area contributed by atoms with Gasteiger partial charge in [0.2, 0.25) is 5.95 Å². The zero-order valence-electron chi connectivity index (χ0n) is 14.2. The Morgan fingerprint density at radius 3 is 2.50 bits per heavy atom. The van der Waals surface area contributed by atoms with Crippen molar-refractivity contribution in [1.29, 1.82) is 0 Å². The first-order valence-corrected chi connectivity index (χ1v) is 8.00. The summed E-state index contributed by atoms with van der Waals surface area (Å²) in [4.78, 5) is 39.9. The fourth-order valence-electron chi connectivity index (χ4n) is 2.62. The van der Waals surface area contributed by atoms with Crippen LogP contribution in [0.3, 0.4) is 0 Å². The number of nitrogens with zero attached hydrogens (tertiary/aromatic N) is 4. The molecule has 0 spiro atoms. The van der Waals surface area contributed by atoms with Crippen LogP contribution in [0.4, 0.5) is 5.95 Å². The minimum Gasteiger partial charge on any atom is -0.480 e. The first-order chi connectivity index (χ1) is 11.4. The Bertz CT molecular complexity index is 861. The van der Waals surface area contributed by atoms with Gasteiger partial charge in [0.25, 0.3) is 5.56 Å². The molecular formula is C15H23N5O4. The van der Waals surface area contributed by atoms with Crippen molar-refractivity contribution in [3.63, 3.8) is 0 Å². The van der Waals surface area contributed by atoms with E-state index in [1.165, 1.54) is 23.2 Å².